The first-order valence-corrected chi connectivity index (χ1v) is 4.51. The highest BCUT2D eigenvalue weighted by Gasteiger charge is 2.38. The summed E-state index contributed by atoms with van der Waals surface area (Å²) in [6, 6.07) is 0. The quantitative estimate of drug-likeness (QED) is 0.717. The maximum atomic E-state index is 11.9. The van der Waals surface area contributed by atoms with E-state index in [0.717, 1.165) is 0 Å². The third-order valence-corrected chi connectivity index (χ3v) is 2.15. The highest BCUT2D eigenvalue weighted by atomic mass is 19.4. The zero-order valence-electron chi connectivity index (χ0n) is 7.88. The molecule has 1 aliphatic heterocycles. The average Bonchev–Trinajstić information content (AvgIpc) is 2.64. The van der Waals surface area contributed by atoms with Gasteiger partial charge in [0.15, 0.2) is 6.10 Å². The Balaban J connectivity index is 2.27. The SMILES string of the molecule is O=C(NCC(O)C(F)(F)F)C1CCOC1. The van der Waals surface area contributed by atoms with E-state index in [1.54, 1.807) is 0 Å². The normalized spacial score (nSPS) is 23.9. The topological polar surface area (TPSA) is 58.6 Å². The van der Waals surface area contributed by atoms with Crippen LogP contribution in [0.1, 0.15) is 6.42 Å². The number of rotatable bonds is 3. The average molecular weight is 227 g/mol. The van der Waals surface area contributed by atoms with Crippen molar-refractivity contribution in [3.63, 3.8) is 0 Å². The molecule has 2 unspecified atom stereocenters. The van der Waals surface area contributed by atoms with Gasteiger partial charge < -0.3 is 15.2 Å². The molecule has 0 saturated carbocycles. The maximum absolute atomic E-state index is 11.9. The first-order valence-electron chi connectivity index (χ1n) is 4.51. The van der Waals surface area contributed by atoms with Crippen LogP contribution in [0.5, 0.6) is 0 Å². The summed E-state index contributed by atoms with van der Waals surface area (Å²) in [5.41, 5.74) is 0. The smallest absolute Gasteiger partial charge is 0.382 e. The number of aliphatic hydroxyl groups is 1. The van der Waals surface area contributed by atoms with Crippen molar-refractivity contribution in [2.75, 3.05) is 19.8 Å². The van der Waals surface area contributed by atoms with Gasteiger partial charge in [-0.1, -0.05) is 0 Å². The van der Waals surface area contributed by atoms with Gasteiger partial charge in [-0.3, -0.25) is 4.79 Å². The number of halogens is 3. The van der Waals surface area contributed by atoms with Crippen molar-refractivity contribution in [2.24, 2.45) is 5.92 Å². The van der Waals surface area contributed by atoms with E-state index in [9.17, 15) is 18.0 Å². The van der Waals surface area contributed by atoms with E-state index >= 15 is 0 Å². The number of carbonyl (C=O) groups excluding carboxylic acids is 1. The van der Waals surface area contributed by atoms with Crippen LogP contribution in [0.25, 0.3) is 0 Å². The van der Waals surface area contributed by atoms with Gasteiger partial charge in [0.05, 0.1) is 19.1 Å². The molecule has 0 aromatic rings. The van der Waals surface area contributed by atoms with Crippen molar-refractivity contribution in [1.29, 1.82) is 0 Å². The number of amides is 1. The molecular formula is C8H12F3NO3. The summed E-state index contributed by atoms with van der Waals surface area (Å²) < 4.78 is 40.5. The second kappa shape index (κ2) is 4.80. The summed E-state index contributed by atoms with van der Waals surface area (Å²) in [5, 5.41) is 10.6. The predicted molar refractivity (Wildman–Crippen MR) is 44.0 cm³/mol. The Labute approximate surface area is 84.4 Å². The Kier molecular flexibility index (Phi) is 3.92. The second-order valence-corrected chi connectivity index (χ2v) is 3.36. The lowest BCUT2D eigenvalue weighted by atomic mass is 10.1. The van der Waals surface area contributed by atoms with E-state index in [4.69, 9.17) is 9.84 Å². The molecule has 0 spiro atoms. The third kappa shape index (κ3) is 3.67. The third-order valence-electron chi connectivity index (χ3n) is 2.15. The fourth-order valence-electron chi connectivity index (χ4n) is 1.20. The summed E-state index contributed by atoms with van der Waals surface area (Å²) in [7, 11) is 0. The highest BCUT2D eigenvalue weighted by molar-refractivity contribution is 5.79. The molecule has 1 aliphatic rings. The summed E-state index contributed by atoms with van der Waals surface area (Å²) in [6.07, 6.45) is -6.70. The largest absolute Gasteiger partial charge is 0.416 e. The minimum Gasteiger partial charge on any atom is -0.382 e. The number of hydrogen-bond acceptors (Lipinski definition) is 3. The predicted octanol–water partition coefficient (Wildman–Crippen LogP) is 0.0623. The van der Waals surface area contributed by atoms with E-state index in [1.807, 2.05) is 5.32 Å². The van der Waals surface area contributed by atoms with Crippen LogP contribution >= 0.6 is 0 Å². The van der Waals surface area contributed by atoms with Crippen molar-refractivity contribution >= 4 is 5.91 Å². The Morgan fingerprint density at radius 1 is 1.60 bits per heavy atom. The Hall–Kier alpha value is -0.820. The standard InChI is InChI=1S/C8H12F3NO3/c9-8(10,11)6(13)3-12-7(14)5-1-2-15-4-5/h5-6,13H,1-4H2,(H,12,14). The van der Waals surface area contributed by atoms with Gasteiger partial charge in [0.1, 0.15) is 0 Å². The molecule has 4 nitrogen and oxygen atoms in total. The van der Waals surface area contributed by atoms with Gasteiger partial charge in [-0.05, 0) is 6.42 Å². The molecule has 88 valence electrons. The molecule has 0 aromatic carbocycles. The van der Waals surface area contributed by atoms with Gasteiger partial charge in [-0.25, -0.2) is 0 Å². The van der Waals surface area contributed by atoms with Crippen LogP contribution in [-0.4, -0.2) is 43.1 Å². The van der Waals surface area contributed by atoms with E-state index in [0.29, 0.717) is 13.0 Å². The zero-order chi connectivity index (χ0) is 11.5. The molecule has 0 bridgehead atoms. The van der Waals surface area contributed by atoms with Gasteiger partial charge in [0.25, 0.3) is 0 Å². The molecule has 1 fully saturated rings. The van der Waals surface area contributed by atoms with Crippen LogP contribution in [0.2, 0.25) is 0 Å². The van der Waals surface area contributed by atoms with E-state index < -0.39 is 30.7 Å². The summed E-state index contributed by atoms with van der Waals surface area (Å²) >= 11 is 0. The molecular weight excluding hydrogens is 215 g/mol. The Morgan fingerprint density at radius 3 is 2.73 bits per heavy atom. The molecule has 1 rings (SSSR count). The number of ether oxygens (including phenoxy) is 1. The number of carbonyl (C=O) groups is 1. The molecule has 1 saturated heterocycles. The summed E-state index contributed by atoms with van der Waals surface area (Å²) in [6.45, 7) is -0.132. The van der Waals surface area contributed by atoms with Gasteiger partial charge in [-0.2, -0.15) is 13.2 Å². The number of nitrogens with one attached hydrogen (secondary N) is 1. The molecule has 15 heavy (non-hydrogen) atoms. The van der Waals surface area contributed by atoms with Crippen LogP contribution in [0, 0.1) is 5.92 Å². The molecule has 7 heteroatoms. The van der Waals surface area contributed by atoms with Crippen LogP contribution in [0.15, 0.2) is 0 Å². The molecule has 1 amide bonds. The monoisotopic (exact) mass is 227 g/mol. The van der Waals surface area contributed by atoms with E-state index in [-0.39, 0.29) is 6.61 Å². The van der Waals surface area contributed by atoms with Crippen molar-refractivity contribution < 1.29 is 27.8 Å². The number of hydrogen-bond donors (Lipinski definition) is 2. The fourth-order valence-corrected chi connectivity index (χ4v) is 1.20. The van der Waals surface area contributed by atoms with Crippen LogP contribution < -0.4 is 5.32 Å². The van der Waals surface area contributed by atoms with E-state index in [1.165, 1.54) is 0 Å². The van der Waals surface area contributed by atoms with Crippen molar-refractivity contribution in [2.45, 2.75) is 18.7 Å². The summed E-state index contributed by atoms with van der Waals surface area (Å²) in [4.78, 5) is 11.2. The zero-order valence-corrected chi connectivity index (χ0v) is 7.88. The number of alkyl halides is 3. The van der Waals surface area contributed by atoms with E-state index in [2.05, 4.69) is 0 Å². The lowest BCUT2D eigenvalue weighted by Gasteiger charge is -2.16. The highest BCUT2D eigenvalue weighted by Crippen LogP contribution is 2.19. The molecule has 1 heterocycles. The molecule has 2 atom stereocenters. The minimum atomic E-state index is -4.69. The van der Waals surface area contributed by atoms with Gasteiger partial charge in [-0.15, -0.1) is 0 Å². The summed E-state index contributed by atoms with van der Waals surface area (Å²) in [5.74, 6) is -0.902. The second-order valence-electron chi connectivity index (χ2n) is 3.36. The Morgan fingerprint density at radius 2 is 2.27 bits per heavy atom. The van der Waals surface area contributed by atoms with Gasteiger partial charge in [0.2, 0.25) is 5.91 Å². The molecule has 0 aromatic heterocycles. The van der Waals surface area contributed by atoms with Gasteiger partial charge >= 0.3 is 6.18 Å². The minimum absolute atomic E-state index is 0.230. The van der Waals surface area contributed by atoms with Crippen LogP contribution in [-0.2, 0) is 9.53 Å². The first kappa shape index (κ1) is 12.3. The maximum Gasteiger partial charge on any atom is 0.416 e. The Bertz CT molecular complexity index is 226. The fraction of sp³-hybridized carbons (Fsp3) is 0.875. The van der Waals surface area contributed by atoms with Crippen molar-refractivity contribution in [1.82, 2.24) is 5.32 Å². The van der Waals surface area contributed by atoms with Crippen molar-refractivity contribution in [3.05, 3.63) is 0 Å². The van der Waals surface area contributed by atoms with Crippen LogP contribution in [0.3, 0.4) is 0 Å². The van der Waals surface area contributed by atoms with Crippen LogP contribution in [0.4, 0.5) is 13.2 Å². The molecule has 0 radical (unpaired) electrons. The molecule has 0 aliphatic carbocycles. The molecule has 2 N–H and O–H groups in total. The van der Waals surface area contributed by atoms with Crippen molar-refractivity contribution in [3.8, 4) is 0 Å². The first-order chi connectivity index (χ1) is 6.91. The lowest BCUT2D eigenvalue weighted by Crippen LogP contribution is -2.42. The number of aliphatic hydroxyl groups excluding tert-OH is 1. The van der Waals surface area contributed by atoms with Gasteiger partial charge in [0, 0.05) is 6.61 Å². The lowest BCUT2D eigenvalue weighted by molar-refractivity contribution is -0.202.